The van der Waals surface area contributed by atoms with E-state index < -0.39 is 23.3 Å². The van der Waals surface area contributed by atoms with Gasteiger partial charge in [-0.15, -0.1) is 0 Å². The predicted molar refractivity (Wildman–Crippen MR) is 70.4 cm³/mol. The van der Waals surface area contributed by atoms with Gasteiger partial charge in [0.15, 0.2) is 11.5 Å². The number of cyclic esters (lactones) is 1. The molecular weight excluding hydrogens is 276 g/mol. The molecule has 6 nitrogen and oxygen atoms in total. The van der Waals surface area contributed by atoms with E-state index in [4.69, 9.17) is 9.47 Å². The topological polar surface area (TPSA) is 89.9 Å². The van der Waals surface area contributed by atoms with Crippen molar-refractivity contribution >= 4 is 17.5 Å². The molecule has 108 valence electrons. The molecule has 0 saturated carbocycles. The Bertz CT molecular complexity index is 728. The summed E-state index contributed by atoms with van der Waals surface area (Å²) in [4.78, 5) is 36.2. The van der Waals surface area contributed by atoms with E-state index in [0.29, 0.717) is 12.0 Å². The van der Waals surface area contributed by atoms with E-state index >= 15 is 0 Å². The van der Waals surface area contributed by atoms with E-state index in [2.05, 4.69) is 0 Å². The number of benzene rings is 1. The van der Waals surface area contributed by atoms with Gasteiger partial charge in [-0.1, -0.05) is 0 Å². The zero-order valence-electron chi connectivity index (χ0n) is 11.4. The van der Waals surface area contributed by atoms with Gasteiger partial charge in [-0.3, -0.25) is 9.59 Å². The number of phenolic OH excluding ortho intramolecular Hbond substituents is 1. The van der Waals surface area contributed by atoms with Gasteiger partial charge < -0.3 is 14.6 Å². The van der Waals surface area contributed by atoms with Gasteiger partial charge in [0.05, 0.1) is 12.7 Å². The van der Waals surface area contributed by atoms with Crippen LogP contribution in [0.1, 0.15) is 43.6 Å². The number of phenols is 1. The van der Waals surface area contributed by atoms with Crippen LogP contribution in [0.4, 0.5) is 0 Å². The molecule has 2 aliphatic rings. The number of Topliss-reactive ketones (excluding diaryl/α,β-unsaturated/α-hetero) is 1. The van der Waals surface area contributed by atoms with Crippen LogP contribution in [0.25, 0.3) is 0 Å². The Hall–Kier alpha value is -2.63. The van der Waals surface area contributed by atoms with E-state index in [-0.39, 0.29) is 28.6 Å². The first-order valence-electron chi connectivity index (χ1n) is 6.38. The maximum atomic E-state index is 12.2. The third kappa shape index (κ3) is 1.83. The predicted octanol–water partition coefficient (Wildman–Crippen LogP) is 1.40. The number of rotatable bonds is 1. The van der Waals surface area contributed by atoms with E-state index in [0.717, 1.165) is 6.08 Å². The molecule has 0 bridgehead atoms. The second-order valence-corrected chi connectivity index (χ2v) is 5.01. The van der Waals surface area contributed by atoms with Crippen molar-refractivity contribution in [1.82, 2.24) is 0 Å². The first-order valence-corrected chi connectivity index (χ1v) is 6.38. The average molecular weight is 288 g/mol. The first-order chi connectivity index (χ1) is 9.93. The van der Waals surface area contributed by atoms with Gasteiger partial charge in [-0.25, -0.2) is 4.79 Å². The summed E-state index contributed by atoms with van der Waals surface area (Å²) < 4.78 is 9.93. The summed E-state index contributed by atoms with van der Waals surface area (Å²) in [6.07, 6.45) is 1.03. The maximum absolute atomic E-state index is 12.2. The molecule has 1 aliphatic carbocycles. The fourth-order valence-corrected chi connectivity index (χ4v) is 2.67. The molecule has 21 heavy (non-hydrogen) atoms. The quantitative estimate of drug-likeness (QED) is 0.786. The highest BCUT2D eigenvalue weighted by Gasteiger charge is 2.36. The van der Waals surface area contributed by atoms with Gasteiger partial charge in [0.1, 0.15) is 17.4 Å². The second kappa shape index (κ2) is 4.44. The average Bonchev–Trinajstić information content (AvgIpc) is 2.41. The van der Waals surface area contributed by atoms with Crippen molar-refractivity contribution < 1.29 is 29.0 Å². The van der Waals surface area contributed by atoms with Crippen LogP contribution < -0.4 is 0 Å². The van der Waals surface area contributed by atoms with Gasteiger partial charge in [0.2, 0.25) is 5.78 Å². The number of allylic oxidation sites excluding steroid dienone is 2. The first kappa shape index (κ1) is 13.4. The Morgan fingerprint density at radius 3 is 2.67 bits per heavy atom. The summed E-state index contributed by atoms with van der Waals surface area (Å²) in [5, 5.41) is 10.2. The molecule has 0 amide bonds. The molecule has 1 N–H and O–H groups in total. The number of ether oxygens (including phenoxy) is 2. The SMILES string of the molecule is COC1=CC(=O)c2c(cc3c(c2O)C(=O)OC(C)C3)C1=O. The highest BCUT2D eigenvalue weighted by molar-refractivity contribution is 6.25. The van der Waals surface area contributed by atoms with Gasteiger partial charge >= 0.3 is 5.97 Å². The van der Waals surface area contributed by atoms with E-state index in [1.54, 1.807) is 6.92 Å². The van der Waals surface area contributed by atoms with Gasteiger partial charge in [-0.05, 0) is 18.6 Å². The summed E-state index contributed by atoms with van der Waals surface area (Å²) >= 11 is 0. The number of aromatic hydroxyl groups is 1. The fourth-order valence-electron chi connectivity index (χ4n) is 2.67. The molecule has 6 heteroatoms. The molecule has 1 unspecified atom stereocenters. The van der Waals surface area contributed by atoms with Crippen molar-refractivity contribution in [3.8, 4) is 5.75 Å². The molecule has 0 fully saturated rings. The van der Waals surface area contributed by atoms with Crippen molar-refractivity contribution in [3.05, 3.63) is 40.2 Å². The molecule has 1 aromatic rings. The summed E-state index contributed by atoms with van der Waals surface area (Å²) in [7, 11) is 1.29. The van der Waals surface area contributed by atoms with Crippen LogP contribution in [0.2, 0.25) is 0 Å². The minimum absolute atomic E-state index is 0.0396. The molecule has 0 aromatic heterocycles. The highest BCUT2D eigenvalue weighted by atomic mass is 16.5. The molecule has 0 radical (unpaired) electrons. The number of hydrogen-bond donors (Lipinski definition) is 1. The minimum Gasteiger partial charge on any atom is -0.506 e. The normalized spacial score (nSPS) is 20.4. The van der Waals surface area contributed by atoms with Crippen LogP contribution in [-0.2, 0) is 15.9 Å². The summed E-state index contributed by atoms with van der Waals surface area (Å²) in [5.41, 5.74) is 0.333. The van der Waals surface area contributed by atoms with Crippen molar-refractivity contribution in [2.24, 2.45) is 0 Å². The molecule has 3 rings (SSSR count). The minimum atomic E-state index is -0.689. The number of carbonyl (C=O) groups is 3. The number of ketones is 2. The lowest BCUT2D eigenvalue weighted by atomic mass is 9.86. The summed E-state index contributed by atoms with van der Waals surface area (Å²) in [6, 6.07) is 1.47. The Morgan fingerprint density at radius 2 is 2.00 bits per heavy atom. The highest BCUT2D eigenvalue weighted by Crippen LogP contribution is 2.37. The maximum Gasteiger partial charge on any atom is 0.342 e. The van der Waals surface area contributed by atoms with Crippen molar-refractivity contribution in [3.63, 3.8) is 0 Å². The number of esters is 1. The van der Waals surface area contributed by atoms with Crippen LogP contribution in [0, 0.1) is 0 Å². The largest absolute Gasteiger partial charge is 0.506 e. The van der Waals surface area contributed by atoms with Crippen LogP contribution in [0.5, 0.6) is 5.75 Å². The van der Waals surface area contributed by atoms with Crippen molar-refractivity contribution in [2.45, 2.75) is 19.4 Å². The Labute approximate surface area is 120 Å². The summed E-state index contributed by atoms with van der Waals surface area (Å²) in [6.45, 7) is 1.71. The van der Waals surface area contributed by atoms with E-state index in [1.807, 2.05) is 0 Å². The summed E-state index contributed by atoms with van der Waals surface area (Å²) in [5.74, 6) is -2.33. The number of fused-ring (bicyclic) bond motifs is 2. The fraction of sp³-hybridized carbons (Fsp3) is 0.267. The molecule has 1 atom stereocenters. The van der Waals surface area contributed by atoms with Crippen LogP contribution in [0.15, 0.2) is 17.9 Å². The Balaban J connectivity index is 2.28. The van der Waals surface area contributed by atoms with Crippen LogP contribution in [-0.4, -0.2) is 35.9 Å². The van der Waals surface area contributed by atoms with E-state index in [1.165, 1.54) is 13.2 Å². The molecule has 0 saturated heterocycles. The monoisotopic (exact) mass is 288 g/mol. The van der Waals surface area contributed by atoms with Crippen LogP contribution >= 0.6 is 0 Å². The molecule has 1 heterocycles. The lowest BCUT2D eigenvalue weighted by molar-refractivity contribution is 0.0296. The number of carbonyl (C=O) groups excluding carboxylic acids is 3. The number of methoxy groups -OCH3 is 1. The van der Waals surface area contributed by atoms with Gasteiger partial charge in [-0.2, -0.15) is 0 Å². The third-order valence-electron chi connectivity index (χ3n) is 3.60. The standard InChI is InChI=1S/C15H12O6/c1-6-3-7-4-8-12(14(18)11(7)15(19)21-6)9(16)5-10(20-2)13(8)17/h4-6,18H,3H2,1-2H3. The van der Waals surface area contributed by atoms with E-state index in [9.17, 15) is 19.5 Å². The molecular formula is C15H12O6. The zero-order chi connectivity index (χ0) is 15.3. The lowest BCUT2D eigenvalue weighted by Gasteiger charge is -2.25. The Kier molecular flexibility index (Phi) is 2.83. The van der Waals surface area contributed by atoms with Crippen molar-refractivity contribution in [2.75, 3.05) is 7.11 Å². The van der Waals surface area contributed by atoms with Gasteiger partial charge in [0.25, 0.3) is 0 Å². The van der Waals surface area contributed by atoms with Crippen LogP contribution in [0.3, 0.4) is 0 Å². The van der Waals surface area contributed by atoms with Crippen molar-refractivity contribution in [1.29, 1.82) is 0 Å². The molecule has 1 aliphatic heterocycles. The number of hydrogen-bond acceptors (Lipinski definition) is 6. The molecule has 1 aromatic carbocycles. The Morgan fingerprint density at radius 1 is 1.29 bits per heavy atom. The molecule has 0 spiro atoms. The second-order valence-electron chi connectivity index (χ2n) is 5.01. The zero-order valence-corrected chi connectivity index (χ0v) is 11.4. The van der Waals surface area contributed by atoms with Gasteiger partial charge in [0, 0.05) is 18.1 Å². The third-order valence-corrected chi connectivity index (χ3v) is 3.60. The lowest BCUT2D eigenvalue weighted by Crippen LogP contribution is -2.28. The smallest absolute Gasteiger partial charge is 0.342 e.